The molecule has 1 atom stereocenters. The molecule has 0 aromatic heterocycles. The SMILES string of the molecule is CN(C)c1ccc2c(c1)CCC2C#N. The number of rotatable bonds is 1. The molecule has 14 heavy (non-hydrogen) atoms. The van der Waals surface area contributed by atoms with Crippen LogP contribution < -0.4 is 4.90 Å². The summed E-state index contributed by atoms with van der Waals surface area (Å²) in [6, 6.07) is 8.75. The Morgan fingerprint density at radius 1 is 1.43 bits per heavy atom. The van der Waals surface area contributed by atoms with E-state index in [2.05, 4.69) is 29.2 Å². The van der Waals surface area contributed by atoms with E-state index in [1.165, 1.54) is 16.8 Å². The number of aryl methyl sites for hydroxylation is 1. The monoisotopic (exact) mass is 186 g/mol. The van der Waals surface area contributed by atoms with Crippen LogP contribution in [0.2, 0.25) is 0 Å². The standard InChI is InChI=1S/C12H14N2/c1-14(2)11-5-6-12-9(7-11)3-4-10(12)8-13/h5-7,10H,3-4H2,1-2H3. The molecule has 2 rings (SSSR count). The molecule has 0 aliphatic heterocycles. The summed E-state index contributed by atoms with van der Waals surface area (Å²) in [6.45, 7) is 0. The Kier molecular flexibility index (Phi) is 2.17. The van der Waals surface area contributed by atoms with Crippen LogP contribution in [0, 0.1) is 11.3 Å². The van der Waals surface area contributed by atoms with Gasteiger partial charge in [0.25, 0.3) is 0 Å². The summed E-state index contributed by atoms with van der Waals surface area (Å²) in [5.41, 5.74) is 3.81. The number of anilines is 1. The highest BCUT2D eigenvalue weighted by Crippen LogP contribution is 2.34. The van der Waals surface area contributed by atoms with Crippen LogP contribution in [-0.2, 0) is 6.42 Å². The summed E-state index contributed by atoms with van der Waals surface area (Å²) in [5, 5.41) is 8.93. The van der Waals surface area contributed by atoms with Crippen molar-refractivity contribution in [2.24, 2.45) is 0 Å². The maximum absolute atomic E-state index is 8.93. The topological polar surface area (TPSA) is 27.0 Å². The second kappa shape index (κ2) is 3.34. The molecule has 0 fully saturated rings. The van der Waals surface area contributed by atoms with Gasteiger partial charge in [-0.25, -0.2) is 0 Å². The average Bonchev–Trinajstić information content (AvgIpc) is 2.59. The van der Waals surface area contributed by atoms with Crippen molar-refractivity contribution in [1.82, 2.24) is 0 Å². The van der Waals surface area contributed by atoms with Gasteiger partial charge in [-0.1, -0.05) is 6.07 Å². The molecule has 72 valence electrons. The van der Waals surface area contributed by atoms with Crippen molar-refractivity contribution in [1.29, 1.82) is 5.26 Å². The van der Waals surface area contributed by atoms with Crippen molar-refractivity contribution in [2.45, 2.75) is 18.8 Å². The molecule has 1 aliphatic rings. The van der Waals surface area contributed by atoms with Crippen LogP contribution in [0.1, 0.15) is 23.5 Å². The van der Waals surface area contributed by atoms with Crippen LogP contribution in [0.5, 0.6) is 0 Å². The Morgan fingerprint density at radius 2 is 2.21 bits per heavy atom. The largest absolute Gasteiger partial charge is 0.378 e. The second-order valence-electron chi connectivity index (χ2n) is 4.00. The van der Waals surface area contributed by atoms with Crippen molar-refractivity contribution < 1.29 is 0 Å². The van der Waals surface area contributed by atoms with Crippen molar-refractivity contribution in [3.05, 3.63) is 29.3 Å². The Labute approximate surface area is 84.8 Å². The third kappa shape index (κ3) is 1.35. The molecule has 0 spiro atoms. The molecule has 0 saturated carbocycles. The molecule has 1 aliphatic carbocycles. The second-order valence-corrected chi connectivity index (χ2v) is 4.00. The summed E-state index contributed by atoms with van der Waals surface area (Å²) < 4.78 is 0. The quantitative estimate of drug-likeness (QED) is 0.673. The number of benzene rings is 1. The highest BCUT2D eigenvalue weighted by molar-refractivity contribution is 5.53. The average molecular weight is 186 g/mol. The summed E-state index contributed by atoms with van der Waals surface area (Å²) in [4.78, 5) is 2.10. The molecule has 1 aromatic carbocycles. The maximum Gasteiger partial charge on any atom is 0.0718 e. The zero-order valence-corrected chi connectivity index (χ0v) is 8.62. The molecule has 0 amide bonds. The lowest BCUT2D eigenvalue weighted by molar-refractivity contribution is 0.826. The molecular weight excluding hydrogens is 172 g/mol. The van der Waals surface area contributed by atoms with Crippen molar-refractivity contribution in [2.75, 3.05) is 19.0 Å². The van der Waals surface area contributed by atoms with Gasteiger partial charge in [-0.3, -0.25) is 0 Å². The molecule has 0 saturated heterocycles. The van der Waals surface area contributed by atoms with E-state index in [0.717, 1.165) is 12.8 Å². The van der Waals surface area contributed by atoms with Crippen LogP contribution >= 0.6 is 0 Å². The summed E-state index contributed by atoms with van der Waals surface area (Å²) in [6.07, 6.45) is 2.04. The number of hydrogen-bond acceptors (Lipinski definition) is 2. The van der Waals surface area contributed by atoms with E-state index < -0.39 is 0 Å². The van der Waals surface area contributed by atoms with E-state index in [1.54, 1.807) is 0 Å². The van der Waals surface area contributed by atoms with Crippen LogP contribution in [0.4, 0.5) is 5.69 Å². The van der Waals surface area contributed by atoms with Crippen LogP contribution in [0.3, 0.4) is 0 Å². The minimum Gasteiger partial charge on any atom is -0.378 e. The zero-order valence-electron chi connectivity index (χ0n) is 8.62. The highest BCUT2D eigenvalue weighted by Gasteiger charge is 2.22. The summed E-state index contributed by atoms with van der Waals surface area (Å²) in [7, 11) is 4.08. The van der Waals surface area contributed by atoms with Crippen LogP contribution in [0.15, 0.2) is 18.2 Å². The van der Waals surface area contributed by atoms with Crippen molar-refractivity contribution in [3.63, 3.8) is 0 Å². The lowest BCUT2D eigenvalue weighted by atomic mass is 10.0. The van der Waals surface area contributed by atoms with E-state index in [4.69, 9.17) is 5.26 Å². The first-order chi connectivity index (χ1) is 6.72. The fourth-order valence-electron chi connectivity index (χ4n) is 2.02. The first-order valence-corrected chi connectivity index (χ1v) is 4.92. The van der Waals surface area contributed by atoms with E-state index >= 15 is 0 Å². The van der Waals surface area contributed by atoms with Gasteiger partial charge in [-0.15, -0.1) is 0 Å². The molecule has 0 heterocycles. The fourth-order valence-corrected chi connectivity index (χ4v) is 2.02. The number of nitriles is 1. The Hall–Kier alpha value is -1.49. The van der Waals surface area contributed by atoms with Crippen LogP contribution in [0.25, 0.3) is 0 Å². The Bertz CT molecular complexity index is 388. The van der Waals surface area contributed by atoms with Gasteiger partial charge in [0, 0.05) is 19.8 Å². The molecule has 0 radical (unpaired) electrons. The van der Waals surface area contributed by atoms with Crippen molar-refractivity contribution >= 4 is 5.69 Å². The van der Waals surface area contributed by atoms with Gasteiger partial charge in [-0.05, 0) is 36.1 Å². The first-order valence-electron chi connectivity index (χ1n) is 4.92. The number of nitrogens with zero attached hydrogens (tertiary/aromatic N) is 2. The Morgan fingerprint density at radius 3 is 2.86 bits per heavy atom. The summed E-state index contributed by atoms with van der Waals surface area (Å²) in [5.74, 6) is 0.126. The van der Waals surface area contributed by atoms with Gasteiger partial charge in [0.15, 0.2) is 0 Å². The zero-order chi connectivity index (χ0) is 10.1. The van der Waals surface area contributed by atoms with Gasteiger partial charge < -0.3 is 4.90 Å². The molecule has 2 heteroatoms. The Balaban J connectivity index is 2.40. The van der Waals surface area contributed by atoms with Crippen molar-refractivity contribution in [3.8, 4) is 6.07 Å². The minimum absolute atomic E-state index is 0.126. The maximum atomic E-state index is 8.93. The molecule has 0 bridgehead atoms. The lowest BCUT2D eigenvalue weighted by Crippen LogP contribution is -2.08. The van der Waals surface area contributed by atoms with Gasteiger partial charge in [-0.2, -0.15) is 5.26 Å². The molecule has 2 nitrogen and oxygen atoms in total. The van der Waals surface area contributed by atoms with Gasteiger partial charge in [0.05, 0.1) is 12.0 Å². The molecule has 0 N–H and O–H groups in total. The normalized spacial score (nSPS) is 18.8. The minimum atomic E-state index is 0.126. The fraction of sp³-hybridized carbons (Fsp3) is 0.417. The van der Waals surface area contributed by atoms with Gasteiger partial charge in [0.1, 0.15) is 0 Å². The van der Waals surface area contributed by atoms with Gasteiger partial charge >= 0.3 is 0 Å². The van der Waals surface area contributed by atoms with Crippen LogP contribution in [-0.4, -0.2) is 14.1 Å². The molecular formula is C12H14N2. The number of fused-ring (bicyclic) bond motifs is 1. The first kappa shape index (κ1) is 9.08. The van der Waals surface area contributed by atoms with E-state index in [-0.39, 0.29) is 5.92 Å². The number of hydrogen-bond donors (Lipinski definition) is 0. The molecule has 1 aromatic rings. The third-order valence-corrected chi connectivity index (χ3v) is 2.88. The lowest BCUT2D eigenvalue weighted by Gasteiger charge is -2.13. The van der Waals surface area contributed by atoms with E-state index in [0.29, 0.717) is 0 Å². The predicted molar refractivity (Wildman–Crippen MR) is 57.4 cm³/mol. The smallest absolute Gasteiger partial charge is 0.0718 e. The van der Waals surface area contributed by atoms with Gasteiger partial charge in [0.2, 0.25) is 0 Å². The highest BCUT2D eigenvalue weighted by atomic mass is 15.1. The predicted octanol–water partition coefficient (Wildman–Crippen LogP) is 2.31. The molecule has 1 unspecified atom stereocenters. The van der Waals surface area contributed by atoms with E-state index in [9.17, 15) is 0 Å². The summed E-state index contributed by atoms with van der Waals surface area (Å²) >= 11 is 0. The van der Waals surface area contributed by atoms with E-state index in [1.807, 2.05) is 14.1 Å². The third-order valence-electron chi connectivity index (χ3n) is 2.88.